The van der Waals surface area contributed by atoms with Crippen molar-refractivity contribution in [1.82, 2.24) is 4.90 Å². The first-order valence-corrected chi connectivity index (χ1v) is 8.05. The van der Waals surface area contributed by atoms with Crippen LogP contribution in [-0.2, 0) is 9.47 Å². The number of rotatable bonds is 3. The summed E-state index contributed by atoms with van der Waals surface area (Å²) in [5.74, 6) is 0. The maximum absolute atomic E-state index is 13.2. The van der Waals surface area contributed by atoms with Gasteiger partial charge in [-0.1, -0.05) is 0 Å². The molecule has 1 amide bonds. The van der Waals surface area contributed by atoms with E-state index in [2.05, 4.69) is 0 Å². The van der Waals surface area contributed by atoms with E-state index in [9.17, 15) is 9.18 Å². The van der Waals surface area contributed by atoms with Gasteiger partial charge >= 0.3 is 6.09 Å². The van der Waals surface area contributed by atoms with Crippen LogP contribution in [0.25, 0.3) is 0 Å². The van der Waals surface area contributed by atoms with Gasteiger partial charge in [-0.3, -0.25) is 0 Å². The molecular weight excluding hydrogens is 293 g/mol. The Morgan fingerprint density at radius 2 is 1.95 bits per heavy atom. The fourth-order valence-electron chi connectivity index (χ4n) is 2.16. The molecule has 0 saturated carbocycles. The minimum atomic E-state index is -0.867. The summed E-state index contributed by atoms with van der Waals surface area (Å²) in [4.78, 5) is 14.5. The quantitative estimate of drug-likeness (QED) is 0.780. The standard InChI is InChI=1S/C15H22FNO3S/c1-15(2,3)20-13(11-7-8-12(16)21-11)19-14(18)17-9-5-4-6-10-17/h7-8,13H,4-6,9-10H2,1-3H3. The van der Waals surface area contributed by atoms with Crippen molar-refractivity contribution in [3.05, 3.63) is 22.1 Å². The lowest BCUT2D eigenvalue weighted by molar-refractivity contribution is -0.173. The van der Waals surface area contributed by atoms with Crippen LogP contribution < -0.4 is 0 Å². The van der Waals surface area contributed by atoms with Gasteiger partial charge in [0.25, 0.3) is 0 Å². The van der Waals surface area contributed by atoms with Crippen molar-refractivity contribution in [2.75, 3.05) is 13.1 Å². The highest BCUT2D eigenvalue weighted by molar-refractivity contribution is 7.10. The van der Waals surface area contributed by atoms with E-state index < -0.39 is 18.0 Å². The molecule has 6 heteroatoms. The molecule has 21 heavy (non-hydrogen) atoms. The number of thiophene rings is 1. The third kappa shape index (κ3) is 4.97. The van der Waals surface area contributed by atoms with Crippen molar-refractivity contribution < 1.29 is 18.7 Å². The molecule has 2 heterocycles. The van der Waals surface area contributed by atoms with Crippen LogP contribution in [0.4, 0.5) is 9.18 Å². The van der Waals surface area contributed by atoms with E-state index in [4.69, 9.17) is 9.47 Å². The summed E-state index contributed by atoms with van der Waals surface area (Å²) in [5, 5.41) is -0.318. The number of piperidine rings is 1. The molecule has 0 radical (unpaired) electrons. The summed E-state index contributed by atoms with van der Waals surface area (Å²) < 4.78 is 24.5. The van der Waals surface area contributed by atoms with E-state index in [0.29, 0.717) is 18.0 Å². The van der Waals surface area contributed by atoms with Crippen LogP contribution in [0.1, 0.15) is 51.2 Å². The maximum atomic E-state index is 13.2. The molecule has 0 aliphatic carbocycles. The zero-order chi connectivity index (χ0) is 15.5. The van der Waals surface area contributed by atoms with Crippen molar-refractivity contribution >= 4 is 17.4 Å². The topological polar surface area (TPSA) is 38.8 Å². The van der Waals surface area contributed by atoms with Crippen LogP contribution in [-0.4, -0.2) is 29.7 Å². The third-order valence-corrected chi connectivity index (χ3v) is 4.00. The van der Waals surface area contributed by atoms with E-state index in [0.717, 1.165) is 30.6 Å². The SMILES string of the molecule is CC(C)(C)OC(OC(=O)N1CCCCC1)c1ccc(F)s1. The van der Waals surface area contributed by atoms with Crippen LogP contribution in [0.3, 0.4) is 0 Å². The van der Waals surface area contributed by atoms with E-state index in [-0.39, 0.29) is 5.13 Å². The summed E-state index contributed by atoms with van der Waals surface area (Å²) in [7, 11) is 0. The molecule has 1 saturated heterocycles. The van der Waals surface area contributed by atoms with Gasteiger partial charge in [-0.15, -0.1) is 11.3 Å². The Kier molecular flexibility index (Phi) is 5.22. The van der Waals surface area contributed by atoms with Gasteiger partial charge in [-0.25, -0.2) is 4.79 Å². The molecule has 1 aromatic rings. The molecule has 1 aliphatic rings. The van der Waals surface area contributed by atoms with E-state index in [1.54, 1.807) is 11.0 Å². The molecule has 0 spiro atoms. The monoisotopic (exact) mass is 315 g/mol. The molecule has 4 nitrogen and oxygen atoms in total. The van der Waals surface area contributed by atoms with Gasteiger partial charge in [-0.05, 0) is 52.2 Å². The number of carbonyl (C=O) groups is 1. The summed E-state index contributed by atoms with van der Waals surface area (Å²) in [5.41, 5.74) is -0.493. The Labute approximate surface area is 128 Å². The largest absolute Gasteiger partial charge is 0.414 e. The van der Waals surface area contributed by atoms with Crippen LogP contribution in [0.2, 0.25) is 0 Å². The number of nitrogens with zero attached hydrogens (tertiary/aromatic N) is 1. The van der Waals surface area contributed by atoms with Gasteiger partial charge in [0.05, 0.1) is 10.5 Å². The van der Waals surface area contributed by atoms with Crippen molar-refractivity contribution in [2.45, 2.75) is 51.9 Å². The van der Waals surface area contributed by atoms with Gasteiger partial charge in [-0.2, -0.15) is 4.39 Å². The first kappa shape index (κ1) is 16.2. The van der Waals surface area contributed by atoms with Crippen LogP contribution in [0.15, 0.2) is 12.1 Å². The molecule has 0 aromatic carbocycles. The first-order chi connectivity index (χ1) is 9.85. The molecule has 1 unspecified atom stereocenters. The van der Waals surface area contributed by atoms with Crippen molar-refractivity contribution in [3.63, 3.8) is 0 Å². The van der Waals surface area contributed by atoms with Crippen LogP contribution >= 0.6 is 11.3 Å². The number of halogens is 1. The predicted molar refractivity (Wildman–Crippen MR) is 79.8 cm³/mol. The molecule has 2 rings (SSSR count). The fraction of sp³-hybridized carbons (Fsp3) is 0.667. The lowest BCUT2D eigenvalue weighted by Crippen LogP contribution is -2.37. The second kappa shape index (κ2) is 6.75. The van der Waals surface area contributed by atoms with Crippen molar-refractivity contribution in [3.8, 4) is 0 Å². The number of hydrogen-bond acceptors (Lipinski definition) is 4. The predicted octanol–water partition coefficient (Wildman–Crippen LogP) is 4.32. The Morgan fingerprint density at radius 3 is 2.48 bits per heavy atom. The van der Waals surface area contributed by atoms with Crippen molar-refractivity contribution in [1.29, 1.82) is 0 Å². The molecule has 0 N–H and O–H groups in total. The fourth-order valence-corrected chi connectivity index (χ4v) is 2.85. The van der Waals surface area contributed by atoms with E-state index in [1.807, 2.05) is 20.8 Å². The average molecular weight is 315 g/mol. The Morgan fingerprint density at radius 1 is 1.29 bits per heavy atom. The zero-order valence-electron chi connectivity index (χ0n) is 12.7. The number of carbonyl (C=O) groups excluding carboxylic acids is 1. The zero-order valence-corrected chi connectivity index (χ0v) is 13.5. The summed E-state index contributed by atoms with van der Waals surface area (Å²) in [6, 6.07) is 2.95. The van der Waals surface area contributed by atoms with E-state index in [1.165, 1.54) is 6.07 Å². The highest BCUT2D eigenvalue weighted by Crippen LogP contribution is 2.31. The highest BCUT2D eigenvalue weighted by atomic mass is 32.1. The molecule has 1 aliphatic heterocycles. The van der Waals surface area contributed by atoms with Gasteiger partial charge in [0.2, 0.25) is 6.29 Å². The second-order valence-electron chi connectivity index (χ2n) is 6.14. The average Bonchev–Trinajstić information content (AvgIpc) is 2.84. The van der Waals surface area contributed by atoms with Crippen molar-refractivity contribution in [2.24, 2.45) is 0 Å². The Hall–Kier alpha value is -1.14. The molecule has 118 valence electrons. The molecule has 1 fully saturated rings. The second-order valence-corrected chi connectivity index (χ2v) is 7.20. The number of ether oxygens (including phenoxy) is 2. The highest BCUT2D eigenvalue weighted by Gasteiger charge is 2.28. The molecule has 1 aromatic heterocycles. The molecule has 1 atom stereocenters. The normalized spacial score (nSPS) is 17.6. The van der Waals surface area contributed by atoms with E-state index >= 15 is 0 Å². The summed E-state index contributed by atoms with van der Waals surface area (Å²) >= 11 is 0.938. The van der Waals surface area contributed by atoms with Crippen LogP contribution in [0.5, 0.6) is 0 Å². The maximum Gasteiger partial charge on any atom is 0.412 e. The number of likely N-dealkylation sites (tertiary alicyclic amines) is 1. The smallest absolute Gasteiger partial charge is 0.412 e. The summed E-state index contributed by atoms with van der Waals surface area (Å²) in [6.07, 6.45) is 1.87. The minimum Gasteiger partial charge on any atom is -0.414 e. The third-order valence-electron chi connectivity index (χ3n) is 3.11. The lowest BCUT2D eigenvalue weighted by Gasteiger charge is -2.30. The first-order valence-electron chi connectivity index (χ1n) is 7.24. The van der Waals surface area contributed by atoms with Gasteiger partial charge in [0.15, 0.2) is 5.13 Å². The van der Waals surface area contributed by atoms with Crippen LogP contribution in [0, 0.1) is 5.13 Å². The number of amides is 1. The Bertz CT molecular complexity index is 478. The minimum absolute atomic E-state index is 0.318. The lowest BCUT2D eigenvalue weighted by atomic mass is 10.1. The summed E-state index contributed by atoms with van der Waals surface area (Å²) in [6.45, 7) is 7.04. The van der Waals surface area contributed by atoms with Gasteiger partial charge < -0.3 is 14.4 Å². The Balaban J connectivity index is 2.06. The molecule has 0 bridgehead atoms. The number of hydrogen-bond donors (Lipinski definition) is 0. The molecular formula is C15H22FNO3S. The van der Waals surface area contributed by atoms with Gasteiger partial charge in [0, 0.05) is 13.1 Å². The van der Waals surface area contributed by atoms with Gasteiger partial charge in [0.1, 0.15) is 0 Å².